The van der Waals surface area contributed by atoms with Gasteiger partial charge in [-0.15, -0.1) is 0 Å². The maximum Gasteiger partial charge on any atom is 0.308 e. The van der Waals surface area contributed by atoms with Gasteiger partial charge < -0.3 is 25.6 Å². The standard InChI is InChI=1S/C22H34N6O3/c1-3-24-22(28-13-8-17(9-14-28)21(30)31-2)26-15-18-5-4-10-25-20(18)27-11-6-16(7-12-27)19(23)29/h4-5,10,16-17H,3,6-9,11-15H2,1-2H3,(H2,23,29)(H,24,26). The number of likely N-dealkylation sites (tertiary alicyclic amines) is 1. The van der Waals surface area contributed by atoms with Gasteiger partial charge in [0, 0.05) is 50.4 Å². The fourth-order valence-corrected chi connectivity index (χ4v) is 4.29. The molecule has 9 nitrogen and oxygen atoms in total. The SMILES string of the molecule is CCNC(=NCc1cccnc1N1CCC(C(N)=O)CC1)N1CCC(C(=O)OC)CC1. The van der Waals surface area contributed by atoms with E-state index in [2.05, 4.69) is 33.1 Å². The van der Waals surface area contributed by atoms with Gasteiger partial charge in [0.05, 0.1) is 19.6 Å². The first-order chi connectivity index (χ1) is 15.0. The number of nitrogens with one attached hydrogen (secondary N) is 1. The number of rotatable bonds is 6. The second kappa shape index (κ2) is 11.0. The average molecular weight is 431 g/mol. The summed E-state index contributed by atoms with van der Waals surface area (Å²) in [5.41, 5.74) is 6.52. The molecule has 3 heterocycles. The molecule has 1 amide bonds. The highest BCUT2D eigenvalue weighted by atomic mass is 16.5. The van der Waals surface area contributed by atoms with Crippen LogP contribution in [0.3, 0.4) is 0 Å². The van der Waals surface area contributed by atoms with E-state index in [0.29, 0.717) is 6.54 Å². The van der Waals surface area contributed by atoms with Gasteiger partial charge in [-0.1, -0.05) is 6.07 Å². The Morgan fingerprint density at radius 2 is 1.87 bits per heavy atom. The molecule has 2 aliphatic heterocycles. The summed E-state index contributed by atoms with van der Waals surface area (Å²) in [6, 6.07) is 3.98. The Labute approximate surface area is 184 Å². The number of methoxy groups -OCH3 is 1. The number of esters is 1. The Morgan fingerprint density at radius 3 is 2.48 bits per heavy atom. The zero-order valence-corrected chi connectivity index (χ0v) is 18.5. The molecule has 9 heteroatoms. The third kappa shape index (κ3) is 5.86. The number of nitrogens with two attached hydrogens (primary N) is 1. The third-order valence-corrected chi connectivity index (χ3v) is 6.13. The van der Waals surface area contributed by atoms with Crippen LogP contribution in [-0.2, 0) is 20.9 Å². The first kappa shape index (κ1) is 22.8. The zero-order valence-electron chi connectivity index (χ0n) is 18.5. The molecule has 0 atom stereocenters. The van der Waals surface area contributed by atoms with Crippen molar-refractivity contribution < 1.29 is 14.3 Å². The van der Waals surface area contributed by atoms with E-state index in [4.69, 9.17) is 15.5 Å². The van der Waals surface area contributed by atoms with Crippen LogP contribution in [0.4, 0.5) is 5.82 Å². The van der Waals surface area contributed by atoms with E-state index in [1.165, 1.54) is 7.11 Å². The average Bonchev–Trinajstić information content (AvgIpc) is 2.81. The molecule has 0 spiro atoms. The topological polar surface area (TPSA) is 113 Å². The summed E-state index contributed by atoms with van der Waals surface area (Å²) in [6.07, 6.45) is 4.85. The van der Waals surface area contributed by atoms with E-state index in [1.54, 1.807) is 6.20 Å². The Morgan fingerprint density at radius 1 is 1.19 bits per heavy atom. The fraction of sp³-hybridized carbons (Fsp3) is 0.636. The Hall–Kier alpha value is -2.84. The number of anilines is 1. The number of carbonyl (C=O) groups excluding carboxylic acids is 2. The third-order valence-electron chi connectivity index (χ3n) is 6.13. The maximum atomic E-state index is 11.8. The predicted octanol–water partition coefficient (Wildman–Crippen LogP) is 1.13. The van der Waals surface area contributed by atoms with Crippen LogP contribution in [0, 0.1) is 11.8 Å². The number of aliphatic imine (C=N–C) groups is 1. The van der Waals surface area contributed by atoms with Crippen molar-refractivity contribution in [1.29, 1.82) is 0 Å². The van der Waals surface area contributed by atoms with Gasteiger partial charge in [0.15, 0.2) is 5.96 Å². The summed E-state index contributed by atoms with van der Waals surface area (Å²) < 4.78 is 4.89. The molecule has 0 saturated carbocycles. The van der Waals surface area contributed by atoms with Crippen LogP contribution in [-0.4, -0.2) is 67.6 Å². The van der Waals surface area contributed by atoms with Gasteiger partial charge in [0.2, 0.25) is 5.91 Å². The molecule has 170 valence electrons. The number of piperidine rings is 2. The van der Waals surface area contributed by atoms with Gasteiger partial charge in [-0.05, 0) is 38.7 Å². The summed E-state index contributed by atoms with van der Waals surface area (Å²) in [5, 5.41) is 3.37. The lowest BCUT2D eigenvalue weighted by atomic mass is 9.96. The molecule has 3 N–H and O–H groups in total. The van der Waals surface area contributed by atoms with Crippen molar-refractivity contribution in [2.75, 3.05) is 44.7 Å². The number of guanidine groups is 1. The number of amides is 1. The molecule has 0 aromatic carbocycles. The molecular weight excluding hydrogens is 396 g/mol. The molecule has 0 unspecified atom stereocenters. The van der Waals surface area contributed by atoms with Gasteiger partial charge in [0.25, 0.3) is 0 Å². The molecule has 2 aliphatic rings. The number of primary amides is 1. The Kier molecular flexibility index (Phi) is 8.08. The molecule has 0 bridgehead atoms. The van der Waals surface area contributed by atoms with E-state index in [1.807, 2.05) is 6.07 Å². The molecule has 0 aliphatic carbocycles. The van der Waals surface area contributed by atoms with E-state index in [-0.39, 0.29) is 23.7 Å². The summed E-state index contributed by atoms with van der Waals surface area (Å²) >= 11 is 0. The first-order valence-electron chi connectivity index (χ1n) is 11.1. The number of hydrogen-bond donors (Lipinski definition) is 2. The summed E-state index contributed by atoms with van der Waals surface area (Å²) in [4.78, 5) is 37.2. The lowest BCUT2D eigenvalue weighted by Crippen LogP contribution is -2.46. The second-order valence-electron chi connectivity index (χ2n) is 8.10. The number of pyridine rings is 1. The van der Waals surface area contributed by atoms with Gasteiger partial charge in [-0.3, -0.25) is 9.59 Å². The molecule has 31 heavy (non-hydrogen) atoms. The van der Waals surface area contributed by atoms with Crippen molar-refractivity contribution in [3.63, 3.8) is 0 Å². The first-order valence-corrected chi connectivity index (χ1v) is 11.1. The lowest BCUT2D eigenvalue weighted by Gasteiger charge is -2.33. The van der Waals surface area contributed by atoms with Crippen LogP contribution in [0.2, 0.25) is 0 Å². The molecular formula is C22H34N6O3. The van der Waals surface area contributed by atoms with Crippen LogP contribution in [0.1, 0.15) is 38.2 Å². The molecule has 3 rings (SSSR count). The van der Waals surface area contributed by atoms with Crippen LogP contribution in [0.25, 0.3) is 0 Å². The summed E-state index contributed by atoms with van der Waals surface area (Å²) in [6.45, 7) is 6.41. The Bertz CT molecular complexity index is 783. The highest BCUT2D eigenvalue weighted by Gasteiger charge is 2.27. The second-order valence-corrected chi connectivity index (χ2v) is 8.10. The predicted molar refractivity (Wildman–Crippen MR) is 119 cm³/mol. The lowest BCUT2D eigenvalue weighted by molar-refractivity contribution is -0.146. The van der Waals surface area contributed by atoms with Crippen LogP contribution in [0.15, 0.2) is 23.3 Å². The minimum Gasteiger partial charge on any atom is -0.469 e. The van der Waals surface area contributed by atoms with Crippen molar-refractivity contribution in [3.05, 3.63) is 23.9 Å². The fourth-order valence-electron chi connectivity index (χ4n) is 4.29. The van der Waals surface area contributed by atoms with Crippen molar-refractivity contribution >= 4 is 23.7 Å². The van der Waals surface area contributed by atoms with Crippen molar-refractivity contribution in [1.82, 2.24) is 15.2 Å². The van der Waals surface area contributed by atoms with Crippen LogP contribution in [0.5, 0.6) is 0 Å². The number of nitrogens with zero attached hydrogens (tertiary/aromatic N) is 4. The maximum absolute atomic E-state index is 11.8. The summed E-state index contributed by atoms with van der Waals surface area (Å²) in [7, 11) is 1.45. The molecule has 1 aromatic rings. The van der Waals surface area contributed by atoms with Crippen molar-refractivity contribution in [2.45, 2.75) is 39.2 Å². The van der Waals surface area contributed by atoms with Crippen molar-refractivity contribution in [3.8, 4) is 0 Å². The highest BCUT2D eigenvalue weighted by molar-refractivity contribution is 5.81. The van der Waals surface area contributed by atoms with Crippen LogP contribution >= 0.6 is 0 Å². The Balaban J connectivity index is 1.67. The van der Waals surface area contributed by atoms with Gasteiger partial charge in [-0.25, -0.2) is 9.98 Å². The number of ether oxygens (including phenoxy) is 1. The zero-order chi connectivity index (χ0) is 22.2. The minimum absolute atomic E-state index is 0.0302. The number of aromatic nitrogens is 1. The van der Waals surface area contributed by atoms with Crippen molar-refractivity contribution in [2.24, 2.45) is 22.6 Å². The molecule has 1 aromatic heterocycles. The normalized spacial score (nSPS) is 18.7. The number of carbonyl (C=O) groups is 2. The van der Waals surface area contributed by atoms with Gasteiger partial charge >= 0.3 is 5.97 Å². The minimum atomic E-state index is -0.211. The van der Waals surface area contributed by atoms with E-state index < -0.39 is 0 Å². The highest BCUT2D eigenvalue weighted by Crippen LogP contribution is 2.25. The van der Waals surface area contributed by atoms with E-state index in [0.717, 1.165) is 75.7 Å². The molecule has 2 saturated heterocycles. The van der Waals surface area contributed by atoms with Crippen LogP contribution < -0.4 is 16.0 Å². The van der Waals surface area contributed by atoms with Gasteiger partial charge in [0.1, 0.15) is 5.82 Å². The van der Waals surface area contributed by atoms with E-state index in [9.17, 15) is 9.59 Å². The smallest absolute Gasteiger partial charge is 0.308 e. The molecule has 2 fully saturated rings. The van der Waals surface area contributed by atoms with E-state index >= 15 is 0 Å². The monoisotopic (exact) mass is 430 g/mol. The quantitative estimate of drug-likeness (QED) is 0.395. The largest absolute Gasteiger partial charge is 0.469 e. The number of hydrogen-bond acceptors (Lipinski definition) is 6. The van der Waals surface area contributed by atoms with Gasteiger partial charge in [-0.2, -0.15) is 0 Å². The summed E-state index contributed by atoms with van der Waals surface area (Å²) in [5.74, 6) is 1.37. The molecule has 0 radical (unpaired) electrons.